The molecule has 0 heterocycles. The first kappa shape index (κ1) is 17.4. The Labute approximate surface area is 138 Å². The van der Waals surface area contributed by atoms with Crippen LogP contribution in [0.5, 0.6) is 11.5 Å². The van der Waals surface area contributed by atoms with Crippen LogP contribution in [0.15, 0.2) is 36.4 Å². The normalized spacial score (nSPS) is 11.5. The minimum Gasteiger partial charge on any atom is -0.508 e. The number of aliphatic hydroxyl groups excluding tert-OH is 1. The molecule has 0 atom stereocenters. The Morgan fingerprint density at radius 3 is 2.35 bits per heavy atom. The van der Waals surface area contributed by atoms with Gasteiger partial charge in [-0.25, -0.2) is 0 Å². The Kier molecular flexibility index (Phi) is 5.32. The summed E-state index contributed by atoms with van der Waals surface area (Å²) in [6, 6.07) is 11.8. The quantitative estimate of drug-likeness (QED) is 0.838. The monoisotopic (exact) mass is 314 g/mol. The molecule has 0 fully saturated rings. The molecule has 0 radical (unpaired) electrons. The average molecular weight is 314 g/mol. The lowest BCUT2D eigenvalue weighted by atomic mass is 9.78. The zero-order valence-corrected chi connectivity index (χ0v) is 14.4. The summed E-state index contributed by atoms with van der Waals surface area (Å²) in [6.07, 6.45) is 0.586. The minimum atomic E-state index is -0.318. The number of aliphatic hydroxyl groups is 1. The number of phenolic OH excluding ortho intramolecular Hbond substituents is 1. The number of hydrogen-bond donors (Lipinski definition) is 2. The molecule has 124 valence electrons. The van der Waals surface area contributed by atoms with Crippen molar-refractivity contribution in [2.24, 2.45) is 0 Å². The lowest BCUT2D eigenvalue weighted by molar-refractivity contribution is 0.248. The largest absolute Gasteiger partial charge is 0.508 e. The molecule has 0 aliphatic carbocycles. The lowest BCUT2D eigenvalue weighted by Crippen LogP contribution is -2.21. The van der Waals surface area contributed by atoms with Crippen LogP contribution in [0.1, 0.15) is 42.5 Å². The van der Waals surface area contributed by atoms with Crippen molar-refractivity contribution in [3.63, 3.8) is 0 Å². The van der Waals surface area contributed by atoms with Gasteiger partial charge in [0.15, 0.2) is 0 Å². The van der Waals surface area contributed by atoms with Crippen molar-refractivity contribution < 1.29 is 14.9 Å². The van der Waals surface area contributed by atoms with Gasteiger partial charge in [-0.1, -0.05) is 44.2 Å². The van der Waals surface area contributed by atoms with Gasteiger partial charge >= 0.3 is 0 Å². The molecule has 0 spiro atoms. The molecule has 0 aliphatic heterocycles. The second kappa shape index (κ2) is 7.05. The van der Waals surface area contributed by atoms with Crippen LogP contribution in [-0.4, -0.2) is 16.8 Å². The van der Waals surface area contributed by atoms with Crippen molar-refractivity contribution in [3.8, 4) is 11.5 Å². The van der Waals surface area contributed by atoms with E-state index in [4.69, 9.17) is 4.74 Å². The van der Waals surface area contributed by atoms with E-state index in [2.05, 4.69) is 0 Å². The summed E-state index contributed by atoms with van der Waals surface area (Å²) in [4.78, 5) is 0. The molecular weight excluding hydrogens is 288 g/mol. The molecule has 3 nitrogen and oxygen atoms in total. The number of benzene rings is 2. The second-order valence-electron chi connectivity index (χ2n) is 6.67. The van der Waals surface area contributed by atoms with Crippen molar-refractivity contribution in [2.75, 3.05) is 6.61 Å². The number of ether oxygens (including phenoxy) is 1. The van der Waals surface area contributed by atoms with Crippen LogP contribution < -0.4 is 4.74 Å². The fourth-order valence-corrected chi connectivity index (χ4v) is 3.15. The molecule has 2 aromatic carbocycles. The summed E-state index contributed by atoms with van der Waals surface area (Å²) in [6.45, 7) is 8.55. The molecule has 0 saturated carbocycles. The summed E-state index contributed by atoms with van der Waals surface area (Å²) in [7, 11) is 0. The van der Waals surface area contributed by atoms with E-state index in [0.29, 0.717) is 13.0 Å². The Morgan fingerprint density at radius 1 is 1.09 bits per heavy atom. The van der Waals surface area contributed by atoms with Gasteiger partial charge in [-0.15, -0.1) is 0 Å². The first-order chi connectivity index (χ1) is 10.9. The number of aryl methyl sites for hydroxylation is 1. The summed E-state index contributed by atoms with van der Waals surface area (Å²) in [5.74, 6) is 1.08. The molecule has 0 amide bonds. The maximum absolute atomic E-state index is 10.4. The van der Waals surface area contributed by atoms with Gasteiger partial charge in [0.1, 0.15) is 18.1 Å². The van der Waals surface area contributed by atoms with E-state index in [1.807, 2.05) is 58.0 Å². The van der Waals surface area contributed by atoms with Crippen LogP contribution >= 0.6 is 0 Å². The van der Waals surface area contributed by atoms with E-state index in [0.717, 1.165) is 28.0 Å². The topological polar surface area (TPSA) is 49.7 Å². The molecule has 0 unspecified atom stereocenters. The zero-order valence-electron chi connectivity index (χ0n) is 14.4. The van der Waals surface area contributed by atoms with Crippen molar-refractivity contribution in [1.82, 2.24) is 0 Å². The van der Waals surface area contributed by atoms with Gasteiger partial charge in [-0.3, -0.25) is 0 Å². The Bertz CT molecular complexity index is 660. The zero-order chi connectivity index (χ0) is 17.0. The maximum atomic E-state index is 10.4. The number of aromatic hydroxyl groups is 1. The SMILES string of the molecule is Cc1cc(O)c(C(C)(C)CCO)c(C)c1OCc1ccccc1. The van der Waals surface area contributed by atoms with Gasteiger partial charge in [0.2, 0.25) is 0 Å². The van der Waals surface area contributed by atoms with Crippen LogP contribution in [0.4, 0.5) is 0 Å². The Balaban J connectivity index is 2.36. The molecule has 0 aliphatic rings. The second-order valence-corrected chi connectivity index (χ2v) is 6.67. The van der Waals surface area contributed by atoms with Crippen molar-refractivity contribution in [3.05, 3.63) is 58.7 Å². The first-order valence-corrected chi connectivity index (χ1v) is 7.98. The number of hydrogen-bond acceptors (Lipinski definition) is 3. The number of phenols is 1. The third kappa shape index (κ3) is 3.85. The lowest BCUT2D eigenvalue weighted by Gasteiger charge is -2.29. The van der Waals surface area contributed by atoms with Crippen LogP contribution in [0, 0.1) is 13.8 Å². The Morgan fingerprint density at radius 2 is 1.74 bits per heavy atom. The van der Waals surface area contributed by atoms with E-state index < -0.39 is 0 Å². The summed E-state index contributed by atoms with van der Waals surface area (Å²) >= 11 is 0. The maximum Gasteiger partial charge on any atom is 0.126 e. The molecule has 2 N–H and O–H groups in total. The average Bonchev–Trinajstić information content (AvgIpc) is 2.47. The molecule has 2 aromatic rings. The van der Waals surface area contributed by atoms with E-state index in [1.165, 1.54) is 0 Å². The van der Waals surface area contributed by atoms with Gasteiger partial charge in [0, 0.05) is 12.2 Å². The van der Waals surface area contributed by atoms with E-state index in [-0.39, 0.29) is 17.8 Å². The van der Waals surface area contributed by atoms with Crippen LogP contribution in [-0.2, 0) is 12.0 Å². The standard InChI is InChI=1S/C20H26O3/c1-14-12-17(22)18(20(3,4)10-11-21)15(2)19(14)23-13-16-8-6-5-7-9-16/h5-9,12,21-22H,10-11,13H2,1-4H3. The van der Waals surface area contributed by atoms with E-state index in [1.54, 1.807) is 6.07 Å². The van der Waals surface area contributed by atoms with E-state index in [9.17, 15) is 10.2 Å². The third-order valence-electron chi connectivity index (χ3n) is 4.32. The molecular formula is C20H26O3. The van der Waals surface area contributed by atoms with Crippen molar-refractivity contribution in [1.29, 1.82) is 0 Å². The van der Waals surface area contributed by atoms with Crippen molar-refractivity contribution in [2.45, 2.75) is 46.1 Å². The molecule has 3 heteroatoms. The number of rotatable bonds is 6. The van der Waals surface area contributed by atoms with E-state index >= 15 is 0 Å². The summed E-state index contributed by atoms with van der Waals surface area (Å²) in [5.41, 5.74) is 3.49. The molecule has 0 aromatic heterocycles. The molecule has 0 saturated heterocycles. The van der Waals surface area contributed by atoms with Crippen molar-refractivity contribution >= 4 is 0 Å². The predicted molar refractivity (Wildman–Crippen MR) is 93.1 cm³/mol. The fourth-order valence-electron chi connectivity index (χ4n) is 3.15. The molecule has 23 heavy (non-hydrogen) atoms. The first-order valence-electron chi connectivity index (χ1n) is 7.98. The summed E-state index contributed by atoms with van der Waals surface area (Å²) in [5, 5.41) is 19.7. The van der Waals surface area contributed by atoms with Gasteiger partial charge < -0.3 is 14.9 Å². The highest BCUT2D eigenvalue weighted by atomic mass is 16.5. The third-order valence-corrected chi connectivity index (χ3v) is 4.32. The predicted octanol–water partition coefficient (Wildman–Crippen LogP) is 4.25. The fraction of sp³-hybridized carbons (Fsp3) is 0.400. The summed E-state index contributed by atoms with van der Waals surface area (Å²) < 4.78 is 6.05. The van der Waals surface area contributed by atoms with Gasteiger partial charge in [0.05, 0.1) is 0 Å². The highest BCUT2D eigenvalue weighted by Gasteiger charge is 2.28. The highest BCUT2D eigenvalue weighted by Crippen LogP contribution is 2.41. The Hall–Kier alpha value is -2.00. The molecule has 0 bridgehead atoms. The molecule has 2 rings (SSSR count). The smallest absolute Gasteiger partial charge is 0.126 e. The van der Waals surface area contributed by atoms with Crippen LogP contribution in [0.3, 0.4) is 0 Å². The highest BCUT2D eigenvalue weighted by molar-refractivity contribution is 5.55. The van der Waals surface area contributed by atoms with Gasteiger partial charge in [-0.2, -0.15) is 0 Å². The van der Waals surface area contributed by atoms with Gasteiger partial charge in [0.25, 0.3) is 0 Å². The van der Waals surface area contributed by atoms with Crippen LogP contribution in [0.25, 0.3) is 0 Å². The van der Waals surface area contributed by atoms with Gasteiger partial charge in [-0.05, 0) is 48.4 Å². The van der Waals surface area contributed by atoms with Crippen LogP contribution in [0.2, 0.25) is 0 Å². The minimum absolute atomic E-state index is 0.0833.